The Kier molecular flexibility index (Phi) is 5.74. The molecule has 0 aliphatic carbocycles. The van der Waals surface area contributed by atoms with Gasteiger partial charge in [0.05, 0.1) is 18.8 Å². The van der Waals surface area contributed by atoms with Gasteiger partial charge in [0.2, 0.25) is 0 Å². The van der Waals surface area contributed by atoms with Gasteiger partial charge in [-0.15, -0.1) is 0 Å². The molecule has 1 aliphatic rings. The molecule has 102 valence electrons. The van der Waals surface area contributed by atoms with Crippen molar-refractivity contribution in [3.63, 3.8) is 0 Å². The van der Waals surface area contributed by atoms with Gasteiger partial charge in [0.15, 0.2) is 0 Å². The maximum atomic E-state index is 9.69. The van der Waals surface area contributed by atoms with Gasteiger partial charge in [-0.05, 0) is 6.92 Å². The first kappa shape index (κ1) is 14.8. The Labute approximate surface area is 100 Å². The second-order valence-electron chi connectivity index (χ2n) is 4.45. The number of nitrogens with two attached hydrogens (primary N) is 1. The van der Waals surface area contributed by atoms with Crippen LogP contribution in [0.15, 0.2) is 0 Å². The second-order valence-corrected chi connectivity index (χ2v) is 4.45. The van der Waals surface area contributed by atoms with Gasteiger partial charge in [-0.2, -0.15) is 0 Å². The highest BCUT2D eigenvalue weighted by Crippen LogP contribution is 2.20. The molecule has 0 aromatic carbocycles. The average molecular weight is 250 g/mol. The lowest BCUT2D eigenvalue weighted by molar-refractivity contribution is -0.215. The molecule has 1 rings (SSSR count). The third-order valence-corrected chi connectivity index (χ3v) is 2.94. The third kappa shape index (κ3) is 3.85. The Morgan fingerprint density at radius 1 is 1.24 bits per heavy atom. The second kappa shape index (κ2) is 6.60. The number of aliphatic hydroxyl groups is 4. The smallest absolute Gasteiger partial charge is 0.111 e. The highest BCUT2D eigenvalue weighted by molar-refractivity contribution is 4.91. The topological polar surface area (TPSA) is 128 Å². The largest absolute Gasteiger partial charge is 0.395 e. The summed E-state index contributed by atoms with van der Waals surface area (Å²) in [4.78, 5) is 0. The Morgan fingerprint density at radius 3 is 2.47 bits per heavy atom. The normalized spacial score (nSPS) is 40.2. The van der Waals surface area contributed by atoms with Crippen molar-refractivity contribution in [2.75, 3.05) is 19.7 Å². The number of hydrogen-bond acceptors (Lipinski definition) is 7. The number of rotatable bonds is 5. The number of nitrogens with one attached hydrogen (secondary N) is 1. The van der Waals surface area contributed by atoms with Crippen LogP contribution in [-0.4, -0.2) is 76.7 Å². The van der Waals surface area contributed by atoms with E-state index in [1.165, 1.54) is 0 Å². The molecule has 7 N–H and O–H groups in total. The predicted molar refractivity (Wildman–Crippen MR) is 60.3 cm³/mol. The molecule has 0 aromatic heterocycles. The van der Waals surface area contributed by atoms with Crippen molar-refractivity contribution in [2.45, 2.75) is 43.5 Å². The van der Waals surface area contributed by atoms with Crippen LogP contribution >= 0.6 is 0 Å². The molecule has 0 spiro atoms. The van der Waals surface area contributed by atoms with Crippen LogP contribution in [0.1, 0.15) is 6.92 Å². The fraction of sp³-hybridized carbons (Fsp3) is 1.00. The molecule has 1 heterocycles. The number of aliphatic hydroxyl groups excluding tert-OH is 4. The summed E-state index contributed by atoms with van der Waals surface area (Å²) in [6, 6.07) is -0.372. The number of ether oxygens (including phenoxy) is 1. The molecule has 0 radical (unpaired) electrons. The van der Waals surface area contributed by atoms with Gasteiger partial charge in [0, 0.05) is 19.1 Å². The third-order valence-electron chi connectivity index (χ3n) is 2.94. The maximum absolute atomic E-state index is 9.69. The summed E-state index contributed by atoms with van der Waals surface area (Å²) in [6.45, 7) is 2.18. The molecule has 7 heteroatoms. The summed E-state index contributed by atoms with van der Waals surface area (Å²) in [7, 11) is 0. The quantitative estimate of drug-likeness (QED) is 0.302. The van der Waals surface area contributed by atoms with Gasteiger partial charge in [-0.1, -0.05) is 0 Å². The Morgan fingerprint density at radius 2 is 1.88 bits per heavy atom. The van der Waals surface area contributed by atoms with Crippen LogP contribution in [0.4, 0.5) is 0 Å². The summed E-state index contributed by atoms with van der Waals surface area (Å²) >= 11 is 0. The van der Waals surface area contributed by atoms with Crippen LogP contribution in [0.2, 0.25) is 0 Å². The minimum Gasteiger partial charge on any atom is -0.395 e. The molecule has 1 aliphatic heterocycles. The molecule has 0 bridgehead atoms. The molecule has 1 fully saturated rings. The van der Waals surface area contributed by atoms with Crippen molar-refractivity contribution in [3.8, 4) is 0 Å². The van der Waals surface area contributed by atoms with E-state index in [0.29, 0.717) is 13.1 Å². The van der Waals surface area contributed by atoms with Crippen LogP contribution in [0.3, 0.4) is 0 Å². The van der Waals surface area contributed by atoms with E-state index >= 15 is 0 Å². The lowest BCUT2D eigenvalue weighted by Crippen LogP contribution is -2.59. The lowest BCUT2D eigenvalue weighted by Gasteiger charge is -2.39. The van der Waals surface area contributed by atoms with Gasteiger partial charge in [0.25, 0.3) is 0 Å². The van der Waals surface area contributed by atoms with Gasteiger partial charge in [0.1, 0.15) is 18.3 Å². The molecular formula is C10H22N2O5. The molecule has 0 amide bonds. The van der Waals surface area contributed by atoms with E-state index in [1.54, 1.807) is 6.92 Å². The van der Waals surface area contributed by atoms with Crippen LogP contribution in [0.25, 0.3) is 0 Å². The van der Waals surface area contributed by atoms with Crippen molar-refractivity contribution >= 4 is 0 Å². The van der Waals surface area contributed by atoms with Gasteiger partial charge in [-0.25, -0.2) is 0 Å². The molecule has 6 atom stereocenters. The average Bonchev–Trinajstić information content (AvgIpc) is 2.32. The minimum atomic E-state index is -1.21. The zero-order valence-corrected chi connectivity index (χ0v) is 9.86. The summed E-state index contributed by atoms with van der Waals surface area (Å²) in [5, 5.41) is 40.4. The standard InChI is InChI=1S/C10H22N2O5/c1-5-8(14)10(16)9(15)7(17-5)3-12-2-6(11)4-13/h5-10,12-16H,2-4,11H2,1H3/t5-,6?,7-,8+,9-,10-/m1/s1. The van der Waals surface area contributed by atoms with Crippen molar-refractivity contribution in [1.29, 1.82) is 0 Å². The highest BCUT2D eigenvalue weighted by Gasteiger charge is 2.41. The monoisotopic (exact) mass is 250 g/mol. The molecule has 1 unspecified atom stereocenters. The van der Waals surface area contributed by atoms with Crippen LogP contribution in [-0.2, 0) is 4.74 Å². The molecular weight excluding hydrogens is 228 g/mol. The van der Waals surface area contributed by atoms with Crippen LogP contribution in [0.5, 0.6) is 0 Å². The summed E-state index contributed by atoms with van der Waals surface area (Å²) in [6.07, 6.45) is -4.57. The van der Waals surface area contributed by atoms with Gasteiger partial charge in [-0.3, -0.25) is 0 Å². The van der Waals surface area contributed by atoms with Crippen molar-refractivity contribution in [1.82, 2.24) is 5.32 Å². The lowest BCUT2D eigenvalue weighted by atomic mass is 9.95. The summed E-state index contributed by atoms with van der Waals surface area (Å²) < 4.78 is 5.37. The fourth-order valence-corrected chi connectivity index (χ4v) is 1.78. The van der Waals surface area contributed by atoms with Gasteiger partial charge >= 0.3 is 0 Å². The molecule has 17 heavy (non-hydrogen) atoms. The van der Waals surface area contributed by atoms with E-state index in [0.717, 1.165) is 0 Å². The summed E-state index contributed by atoms with van der Waals surface area (Å²) in [5.41, 5.74) is 5.49. The van der Waals surface area contributed by atoms with E-state index < -0.39 is 30.5 Å². The summed E-state index contributed by atoms with van der Waals surface area (Å²) in [5.74, 6) is 0. The predicted octanol–water partition coefficient (Wildman–Crippen LogP) is -3.23. The van der Waals surface area contributed by atoms with E-state index in [1.807, 2.05) is 0 Å². The maximum Gasteiger partial charge on any atom is 0.111 e. The number of hydrogen-bond donors (Lipinski definition) is 6. The Bertz CT molecular complexity index is 231. The van der Waals surface area contributed by atoms with Crippen molar-refractivity contribution in [2.24, 2.45) is 5.73 Å². The zero-order chi connectivity index (χ0) is 13.0. The van der Waals surface area contributed by atoms with E-state index in [2.05, 4.69) is 5.32 Å². The zero-order valence-electron chi connectivity index (χ0n) is 9.86. The van der Waals surface area contributed by atoms with E-state index in [4.69, 9.17) is 15.6 Å². The molecule has 0 aromatic rings. The molecule has 0 saturated carbocycles. The first-order valence-electron chi connectivity index (χ1n) is 5.74. The first-order chi connectivity index (χ1) is 7.97. The first-order valence-corrected chi connectivity index (χ1v) is 5.74. The Hall–Kier alpha value is -0.280. The van der Waals surface area contributed by atoms with Crippen LogP contribution < -0.4 is 11.1 Å². The van der Waals surface area contributed by atoms with E-state index in [-0.39, 0.29) is 12.6 Å². The molecule has 7 nitrogen and oxygen atoms in total. The SMILES string of the molecule is C[C@H]1O[C@H](CNCC(N)CO)[C@@H](O)[C@H](O)[C@H]1O. The highest BCUT2D eigenvalue weighted by atomic mass is 16.5. The molecule has 1 saturated heterocycles. The minimum absolute atomic E-state index is 0.126. The fourth-order valence-electron chi connectivity index (χ4n) is 1.78. The van der Waals surface area contributed by atoms with E-state index in [9.17, 15) is 15.3 Å². The van der Waals surface area contributed by atoms with Gasteiger partial charge < -0.3 is 36.2 Å². The van der Waals surface area contributed by atoms with Crippen molar-refractivity contribution < 1.29 is 25.2 Å². The van der Waals surface area contributed by atoms with Crippen LogP contribution in [0, 0.1) is 0 Å². The Balaban J connectivity index is 2.37. The van der Waals surface area contributed by atoms with Crippen molar-refractivity contribution in [3.05, 3.63) is 0 Å².